The van der Waals surface area contributed by atoms with E-state index in [0.717, 1.165) is 5.56 Å². The van der Waals surface area contributed by atoms with Gasteiger partial charge >= 0.3 is 0 Å². The molecule has 1 aromatic carbocycles. The van der Waals surface area contributed by atoms with Crippen molar-refractivity contribution >= 4 is 17.5 Å². The monoisotopic (exact) mass is 378 g/mol. The standard InChI is InChI=1S/C18H19ClN2O5/c19-12-7-14(17(23)20-8-12)18(24)21-15-5-6-25-10-16(15)26-13-3-1-11(9-22)2-4-13/h1-4,7-8,15-16,22H,5-6,9-10H2,(H,20,23)(H,21,24)/t15-,16-/m1/s1. The first-order valence-electron chi connectivity index (χ1n) is 8.20. The van der Waals surface area contributed by atoms with Crippen LogP contribution in [0.25, 0.3) is 0 Å². The van der Waals surface area contributed by atoms with Crippen molar-refractivity contribution in [1.82, 2.24) is 10.3 Å². The number of nitrogens with one attached hydrogen (secondary N) is 2. The fraction of sp³-hybridized carbons (Fsp3) is 0.333. The predicted octanol–water partition coefficient (Wildman–Crippen LogP) is 1.49. The van der Waals surface area contributed by atoms with E-state index in [9.17, 15) is 9.59 Å². The Balaban J connectivity index is 1.71. The van der Waals surface area contributed by atoms with E-state index in [1.165, 1.54) is 12.3 Å². The molecule has 3 N–H and O–H groups in total. The average molecular weight is 379 g/mol. The Morgan fingerprint density at radius 1 is 1.38 bits per heavy atom. The van der Waals surface area contributed by atoms with E-state index >= 15 is 0 Å². The summed E-state index contributed by atoms with van der Waals surface area (Å²) in [5.41, 5.74) is 0.230. The van der Waals surface area contributed by atoms with E-state index in [0.29, 0.717) is 25.4 Å². The van der Waals surface area contributed by atoms with Gasteiger partial charge in [0.05, 0.1) is 24.3 Å². The second kappa shape index (κ2) is 8.35. The molecular formula is C18H19ClN2O5. The summed E-state index contributed by atoms with van der Waals surface area (Å²) in [6, 6.07) is 8.04. The molecule has 2 aromatic rings. The molecule has 2 atom stereocenters. The van der Waals surface area contributed by atoms with E-state index < -0.39 is 17.6 Å². The number of carbonyl (C=O) groups is 1. The van der Waals surface area contributed by atoms with Crippen LogP contribution in [0.15, 0.2) is 41.3 Å². The van der Waals surface area contributed by atoms with Crippen LogP contribution in [0.5, 0.6) is 5.75 Å². The number of benzene rings is 1. The Kier molecular flexibility index (Phi) is 5.92. The Hall–Kier alpha value is -2.35. The van der Waals surface area contributed by atoms with Gasteiger partial charge in [-0.2, -0.15) is 0 Å². The van der Waals surface area contributed by atoms with Crippen LogP contribution in [-0.4, -0.2) is 41.4 Å². The van der Waals surface area contributed by atoms with Gasteiger partial charge in [-0.15, -0.1) is 0 Å². The van der Waals surface area contributed by atoms with Gasteiger partial charge in [0.25, 0.3) is 11.5 Å². The number of hydrogen-bond donors (Lipinski definition) is 3. The van der Waals surface area contributed by atoms with E-state index in [1.807, 2.05) is 0 Å². The minimum atomic E-state index is -0.509. The van der Waals surface area contributed by atoms with Crippen LogP contribution in [0.3, 0.4) is 0 Å². The summed E-state index contributed by atoms with van der Waals surface area (Å²) in [6.07, 6.45) is 1.49. The number of aliphatic hydroxyl groups is 1. The molecule has 1 saturated heterocycles. The molecule has 0 aliphatic carbocycles. The van der Waals surface area contributed by atoms with Gasteiger partial charge in [0.1, 0.15) is 17.4 Å². The molecule has 2 heterocycles. The maximum absolute atomic E-state index is 12.5. The molecule has 1 aliphatic rings. The molecule has 138 valence electrons. The number of ether oxygens (including phenoxy) is 2. The third kappa shape index (κ3) is 4.43. The van der Waals surface area contributed by atoms with Crippen LogP contribution in [0.2, 0.25) is 5.02 Å². The number of carbonyl (C=O) groups excluding carboxylic acids is 1. The Bertz CT molecular complexity index is 821. The number of H-pyrrole nitrogens is 1. The van der Waals surface area contributed by atoms with Gasteiger partial charge in [0.2, 0.25) is 0 Å². The summed E-state index contributed by atoms with van der Waals surface area (Å²) in [5, 5.41) is 12.2. The zero-order valence-corrected chi connectivity index (χ0v) is 14.7. The van der Waals surface area contributed by atoms with Crippen molar-refractivity contribution in [3.05, 3.63) is 63.0 Å². The summed E-state index contributed by atoms with van der Waals surface area (Å²) in [5.74, 6) is 0.0995. The van der Waals surface area contributed by atoms with Crippen LogP contribution >= 0.6 is 11.6 Å². The summed E-state index contributed by atoms with van der Waals surface area (Å²) in [7, 11) is 0. The zero-order chi connectivity index (χ0) is 18.5. The van der Waals surface area contributed by atoms with Crippen molar-refractivity contribution in [3.8, 4) is 5.75 Å². The number of aliphatic hydroxyl groups excluding tert-OH is 1. The van der Waals surface area contributed by atoms with Crippen LogP contribution in [0, 0.1) is 0 Å². The lowest BCUT2D eigenvalue weighted by Gasteiger charge is -2.32. The third-order valence-corrected chi connectivity index (χ3v) is 4.34. The number of aromatic amines is 1. The third-order valence-electron chi connectivity index (χ3n) is 4.13. The molecular weight excluding hydrogens is 360 g/mol. The zero-order valence-electron chi connectivity index (χ0n) is 13.9. The summed E-state index contributed by atoms with van der Waals surface area (Å²) in [4.78, 5) is 26.7. The summed E-state index contributed by atoms with van der Waals surface area (Å²) < 4.78 is 11.4. The first-order chi connectivity index (χ1) is 12.6. The van der Waals surface area contributed by atoms with Gasteiger partial charge in [-0.3, -0.25) is 9.59 Å². The molecule has 0 spiro atoms. The molecule has 1 aromatic heterocycles. The molecule has 0 unspecified atom stereocenters. The molecule has 0 radical (unpaired) electrons. The second-order valence-electron chi connectivity index (χ2n) is 5.96. The maximum atomic E-state index is 12.5. The quantitative estimate of drug-likeness (QED) is 0.731. The molecule has 1 fully saturated rings. The summed E-state index contributed by atoms with van der Waals surface area (Å²) in [6.45, 7) is 0.762. The van der Waals surface area contributed by atoms with Crippen LogP contribution < -0.4 is 15.6 Å². The Labute approximate surface area is 154 Å². The van der Waals surface area contributed by atoms with Gasteiger partial charge in [-0.1, -0.05) is 23.7 Å². The molecule has 1 aliphatic heterocycles. The maximum Gasteiger partial charge on any atom is 0.260 e. The molecule has 0 saturated carbocycles. The fourth-order valence-electron chi connectivity index (χ4n) is 2.71. The molecule has 8 heteroatoms. The van der Waals surface area contributed by atoms with E-state index in [1.54, 1.807) is 24.3 Å². The van der Waals surface area contributed by atoms with Gasteiger partial charge in [0, 0.05) is 12.8 Å². The minimum Gasteiger partial charge on any atom is -0.486 e. The number of rotatable bonds is 5. The number of pyridine rings is 1. The SMILES string of the molecule is O=C(N[C@@H]1CCOC[C@H]1Oc1ccc(CO)cc1)c1cc(Cl)c[nH]c1=O. The van der Waals surface area contributed by atoms with Crippen molar-refractivity contribution in [1.29, 1.82) is 0 Å². The molecule has 7 nitrogen and oxygen atoms in total. The van der Waals surface area contributed by atoms with Crippen molar-refractivity contribution in [3.63, 3.8) is 0 Å². The highest BCUT2D eigenvalue weighted by Gasteiger charge is 2.30. The molecule has 1 amide bonds. The van der Waals surface area contributed by atoms with Gasteiger partial charge in [-0.05, 0) is 30.2 Å². The smallest absolute Gasteiger partial charge is 0.260 e. The topological polar surface area (TPSA) is 101 Å². The first-order valence-corrected chi connectivity index (χ1v) is 8.58. The van der Waals surface area contributed by atoms with Crippen molar-refractivity contribution in [2.75, 3.05) is 13.2 Å². The second-order valence-corrected chi connectivity index (χ2v) is 6.40. The molecule has 3 rings (SSSR count). The van der Waals surface area contributed by atoms with Crippen LogP contribution in [-0.2, 0) is 11.3 Å². The fourth-order valence-corrected chi connectivity index (χ4v) is 2.88. The predicted molar refractivity (Wildman–Crippen MR) is 95.5 cm³/mol. The Morgan fingerprint density at radius 3 is 2.88 bits per heavy atom. The molecule has 0 bridgehead atoms. The van der Waals surface area contributed by atoms with E-state index in [2.05, 4.69) is 10.3 Å². The van der Waals surface area contributed by atoms with Crippen molar-refractivity contribution in [2.45, 2.75) is 25.2 Å². The highest BCUT2D eigenvalue weighted by atomic mass is 35.5. The van der Waals surface area contributed by atoms with Gasteiger partial charge < -0.3 is 24.9 Å². The number of aromatic nitrogens is 1. The average Bonchev–Trinajstić information content (AvgIpc) is 2.66. The lowest BCUT2D eigenvalue weighted by Crippen LogP contribution is -2.52. The highest BCUT2D eigenvalue weighted by molar-refractivity contribution is 6.30. The van der Waals surface area contributed by atoms with Crippen LogP contribution in [0.1, 0.15) is 22.3 Å². The number of hydrogen-bond acceptors (Lipinski definition) is 5. The lowest BCUT2D eigenvalue weighted by atomic mass is 10.1. The number of amides is 1. The van der Waals surface area contributed by atoms with Gasteiger partial charge in [0.15, 0.2) is 0 Å². The van der Waals surface area contributed by atoms with Crippen LogP contribution in [0.4, 0.5) is 0 Å². The van der Waals surface area contributed by atoms with E-state index in [4.69, 9.17) is 26.2 Å². The minimum absolute atomic E-state index is 0.0420. The lowest BCUT2D eigenvalue weighted by molar-refractivity contribution is -0.0135. The summed E-state index contributed by atoms with van der Waals surface area (Å²) >= 11 is 5.85. The normalized spacial score (nSPS) is 19.8. The first kappa shape index (κ1) is 18.4. The largest absolute Gasteiger partial charge is 0.486 e. The molecule has 26 heavy (non-hydrogen) atoms. The van der Waals surface area contributed by atoms with Crippen molar-refractivity contribution < 1.29 is 19.4 Å². The Morgan fingerprint density at radius 2 is 2.15 bits per heavy atom. The van der Waals surface area contributed by atoms with E-state index in [-0.39, 0.29) is 23.2 Å². The van der Waals surface area contributed by atoms with Crippen molar-refractivity contribution in [2.24, 2.45) is 0 Å². The number of halogens is 1. The highest BCUT2D eigenvalue weighted by Crippen LogP contribution is 2.19. The van der Waals surface area contributed by atoms with Gasteiger partial charge in [-0.25, -0.2) is 0 Å².